The number of alkyl halides is 1. The summed E-state index contributed by atoms with van der Waals surface area (Å²) >= 11 is 6.32. The van der Waals surface area contributed by atoms with Crippen LogP contribution >= 0.6 is 11.6 Å². The molecule has 0 aliphatic carbocycles. The van der Waals surface area contributed by atoms with Gasteiger partial charge in [0.25, 0.3) is 0 Å². The molecule has 2 nitrogen and oxygen atoms in total. The Labute approximate surface area is 125 Å². The summed E-state index contributed by atoms with van der Waals surface area (Å²) in [5.74, 6) is 0.599. The van der Waals surface area contributed by atoms with Crippen LogP contribution in [0.2, 0.25) is 0 Å². The van der Waals surface area contributed by atoms with E-state index in [1.165, 1.54) is 6.07 Å². The number of imidazole rings is 1. The third-order valence-corrected chi connectivity index (χ3v) is 4.64. The van der Waals surface area contributed by atoms with Gasteiger partial charge in [0, 0.05) is 5.54 Å². The smallest absolute Gasteiger partial charge is 0.128 e. The molecule has 0 radical (unpaired) electrons. The first-order valence-corrected chi connectivity index (χ1v) is 7.75. The molecule has 0 N–H and O–H groups in total. The van der Waals surface area contributed by atoms with Gasteiger partial charge in [0.2, 0.25) is 0 Å². The third-order valence-electron chi connectivity index (χ3n) is 4.45. The molecule has 1 atom stereocenters. The van der Waals surface area contributed by atoms with Crippen LogP contribution in [0.15, 0.2) is 18.2 Å². The average Bonchev–Trinajstić information content (AvgIpc) is 2.81. The Hall–Kier alpha value is -1.09. The summed E-state index contributed by atoms with van der Waals surface area (Å²) < 4.78 is 15.8. The van der Waals surface area contributed by atoms with Crippen LogP contribution in [-0.4, -0.2) is 9.55 Å². The van der Waals surface area contributed by atoms with E-state index in [0.717, 1.165) is 36.1 Å². The highest BCUT2D eigenvalue weighted by Gasteiger charge is 2.31. The number of hydrogen-bond donors (Lipinski definition) is 0. The lowest BCUT2D eigenvalue weighted by atomic mass is 9.89. The number of aromatic nitrogens is 2. The Kier molecular flexibility index (Phi) is 4.38. The molecule has 1 aromatic carbocycles. The standard InChI is InChI=1S/C16H22ClFN2/c1-5-16(6-2,7-3)20-14-10-12(18)8-9-13(14)19-15(20)11(4)17/h8-11H,5-7H2,1-4H3. The van der Waals surface area contributed by atoms with Gasteiger partial charge in [0.1, 0.15) is 11.6 Å². The van der Waals surface area contributed by atoms with E-state index in [1.54, 1.807) is 12.1 Å². The highest BCUT2D eigenvalue weighted by atomic mass is 35.5. The Morgan fingerprint density at radius 2 is 1.85 bits per heavy atom. The molecule has 0 aliphatic heterocycles. The Morgan fingerprint density at radius 3 is 2.35 bits per heavy atom. The molecule has 110 valence electrons. The molecule has 2 rings (SSSR count). The van der Waals surface area contributed by atoms with Crippen LogP contribution in [0.5, 0.6) is 0 Å². The molecule has 1 heterocycles. The maximum Gasteiger partial charge on any atom is 0.128 e. The van der Waals surface area contributed by atoms with Crippen molar-refractivity contribution < 1.29 is 4.39 Å². The van der Waals surface area contributed by atoms with Gasteiger partial charge < -0.3 is 4.57 Å². The number of fused-ring (bicyclic) bond motifs is 1. The second-order valence-electron chi connectivity index (χ2n) is 5.34. The zero-order valence-electron chi connectivity index (χ0n) is 12.6. The van der Waals surface area contributed by atoms with Crippen molar-refractivity contribution in [3.63, 3.8) is 0 Å². The molecule has 2 aromatic rings. The lowest BCUT2D eigenvalue weighted by Crippen LogP contribution is -2.33. The molecule has 0 amide bonds. The SMILES string of the molecule is CCC(CC)(CC)n1c(C(C)Cl)nc2ccc(F)cc21. The van der Waals surface area contributed by atoms with Crippen molar-refractivity contribution in [3.05, 3.63) is 29.8 Å². The first kappa shape index (κ1) is 15.3. The fourth-order valence-electron chi connectivity index (χ4n) is 3.06. The predicted octanol–water partition coefficient (Wildman–Crippen LogP) is 5.40. The summed E-state index contributed by atoms with van der Waals surface area (Å²) in [6.07, 6.45) is 2.91. The fourth-order valence-corrected chi connectivity index (χ4v) is 3.20. The quantitative estimate of drug-likeness (QED) is 0.675. The van der Waals surface area contributed by atoms with Gasteiger partial charge in [-0.15, -0.1) is 11.6 Å². The molecule has 0 saturated heterocycles. The maximum atomic E-state index is 13.7. The average molecular weight is 297 g/mol. The van der Waals surface area contributed by atoms with Crippen LogP contribution in [0.4, 0.5) is 4.39 Å². The molecule has 0 spiro atoms. The van der Waals surface area contributed by atoms with Crippen molar-refractivity contribution >= 4 is 22.6 Å². The van der Waals surface area contributed by atoms with E-state index < -0.39 is 0 Å². The highest BCUT2D eigenvalue weighted by Crippen LogP contribution is 2.37. The van der Waals surface area contributed by atoms with Crippen LogP contribution in [0.25, 0.3) is 11.0 Å². The first-order valence-electron chi connectivity index (χ1n) is 7.31. The van der Waals surface area contributed by atoms with E-state index in [2.05, 4.69) is 30.3 Å². The van der Waals surface area contributed by atoms with Crippen molar-refractivity contribution in [2.75, 3.05) is 0 Å². The van der Waals surface area contributed by atoms with Crippen LogP contribution in [0.1, 0.15) is 58.2 Å². The van der Waals surface area contributed by atoms with Crippen LogP contribution in [0, 0.1) is 5.82 Å². The zero-order chi connectivity index (χ0) is 14.9. The molecule has 1 aromatic heterocycles. The van der Waals surface area contributed by atoms with Gasteiger partial charge in [0.05, 0.1) is 16.4 Å². The van der Waals surface area contributed by atoms with Gasteiger partial charge in [-0.05, 0) is 44.4 Å². The Balaban J connectivity index is 2.83. The molecular weight excluding hydrogens is 275 g/mol. The number of nitrogens with zero attached hydrogens (tertiary/aromatic N) is 2. The van der Waals surface area contributed by atoms with Gasteiger partial charge in [-0.25, -0.2) is 9.37 Å². The molecule has 0 fully saturated rings. The zero-order valence-corrected chi connectivity index (χ0v) is 13.3. The number of hydrogen-bond acceptors (Lipinski definition) is 1. The summed E-state index contributed by atoms with van der Waals surface area (Å²) in [4.78, 5) is 4.63. The molecule has 1 unspecified atom stereocenters. The molecule has 0 aliphatic rings. The third kappa shape index (κ3) is 2.32. The van der Waals surface area contributed by atoms with Crippen molar-refractivity contribution in [2.45, 2.75) is 57.9 Å². The molecule has 0 bridgehead atoms. The van der Waals surface area contributed by atoms with Crippen molar-refractivity contribution in [3.8, 4) is 0 Å². The minimum absolute atomic E-state index is 0.0545. The summed E-state index contributed by atoms with van der Waals surface area (Å²) in [7, 11) is 0. The van der Waals surface area contributed by atoms with Crippen molar-refractivity contribution in [1.29, 1.82) is 0 Å². The van der Waals surface area contributed by atoms with E-state index in [0.29, 0.717) is 0 Å². The monoisotopic (exact) mass is 296 g/mol. The first-order chi connectivity index (χ1) is 9.49. The van der Waals surface area contributed by atoms with Crippen molar-refractivity contribution in [1.82, 2.24) is 9.55 Å². The molecule has 0 saturated carbocycles. The number of benzene rings is 1. The number of rotatable bonds is 5. The number of halogens is 2. The van der Waals surface area contributed by atoms with Gasteiger partial charge in [0.15, 0.2) is 0 Å². The van der Waals surface area contributed by atoms with E-state index in [1.807, 2.05) is 6.92 Å². The van der Waals surface area contributed by atoms with Gasteiger partial charge >= 0.3 is 0 Å². The maximum absolute atomic E-state index is 13.7. The lowest BCUT2D eigenvalue weighted by Gasteiger charge is -2.35. The van der Waals surface area contributed by atoms with Gasteiger partial charge in [-0.3, -0.25) is 0 Å². The second-order valence-corrected chi connectivity index (χ2v) is 5.99. The second kappa shape index (κ2) is 5.72. The summed E-state index contributed by atoms with van der Waals surface area (Å²) in [5, 5.41) is -0.200. The van der Waals surface area contributed by atoms with Crippen LogP contribution < -0.4 is 0 Å². The predicted molar refractivity (Wildman–Crippen MR) is 82.8 cm³/mol. The highest BCUT2D eigenvalue weighted by molar-refractivity contribution is 6.20. The summed E-state index contributed by atoms with van der Waals surface area (Å²) in [5.41, 5.74) is 1.60. The van der Waals surface area contributed by atoms with Crippen LogP contribution in [-0.2, 0) is 5.54 Å². The van der Waals surface area contributed by atoms with E-state index in [-0.39, 0.29) is 16.7 Å². The minimum Gasteiger partial charge on any atom is -0.320 e. The lowest BCUT2D eigenvalue weighted by molar-refractivity contribution is 0.250. The molecular formula is C16H22ClFN2. The normalized spacial score (nSPS) is 13.9. The summed E-state index contributed by atoms with van der Waals surface area (Å²) in [6, 6.07) is 4.75. The van der Waals surface area contributed by atoms with E-state index >= 15 is 0 Å². The van der Waals surface area contributed by atoms with E-state index in [9.17, 15) is 4.39 Å². The van der Waals surface area contributed by atoms with Crippen molar-refractivity contribution in [2.24, 2.45) is 0 Å². The van der Waals surface area contributed by atoms with Gasteiger partial charge in [-0.1, -0.05) is 20.8 Å². The van der Waals surface area contributed by atoms with Crippen LogP contribution in [0.3, 0.4) is 0 Å². The van der Waals surface area contributed by atoms with E-state index in [4.69, 9.17) is 11.6 Å². The Bertz CT molecular complexity index is 592. The topological polar surface area (TPSA) is 17.8 Å². The van der Waals surface area contributed by atoms with Gasteiger partial charge in [-0.2, -0.15) is 0 Å². The fraction of sp³-hybridized carbons (Fsp3) is 0.562. The molecule has 20 heavy (non-hydrogen) atoms. The summed E-state index contributed by atoms with van der Waals surface area (Å²) in [6.45, 7) is 8.42. The largest absolute Gasteiger partial charge is 0.320 e. The Morgan fingerprint density at radius 1 is 1.25 bits per heavy atom. The molecule has 4 heteroatoms. The minimum atomic E-state index is -0.232.